The lowest BCUT2D eigenvalue weighted by atomic mass is 9.85. The van der Waals surface area contributed by atoms with Gasteiger partial charge in [0.2, 0.25) is 0 Å². The van der Waals surface area contributed by atoms with E-state index in [9.17, 15) is 0 Å². The number of rotatable bonds is 2. The van der Waals surface area contributed by atoms with Gasteiger partial charge in [-0.2, -0.15) is 0 Å². The molecule has 12 rings (SSSR count). The van der Waals surface area contributed by atoms with Crippen LogP contribution < -0.4 is 0 Å². The van der Waals surface area contributed by atoms with E-state index in [4.69, 9.17) is 4.42 Å². The summed E-state index contributed by atoms with van der Waals surface area (Å²) in [4.78, 5) is 0. The highest BCUT2D eigenvalue weighted by atomic mass is 32.1. The summed E-state index contributed by atoms with van der Waals surface area (Å²) in [6, 6.07) is 58.2. The Bertz CT molecular complexity index is 3370. The summed E-state index contributed by atoms with van der Waals surface area (Å²) < 4.78 is 11.6. The topological polar surface area (TPSA) is 13.1 Å². The molecule has 3 heterocycles. The Morgan fingerprint density at radius 3 is 1.43 bits per heavy atom. The van der Waals surface area contributed by atoms with Gasteiger partial charge >= 0.3 is 0 Å². The Balaban J connectivity index is 1.11. The zero-order chi connectivity index (χ0) is 33.2. The fourth-order valence-electron chi connectivity index (χ4n) is 8.69. The molecule has 12 aromatic rings. The van der Waals surface area contributed by atoms with E-state index in [1.165, 1.54) is 94.9 Å². The van der Waals surface area contributed by atoms with Crippen molar-refractivity contribution in [3.05, 3.63) is 158 Å². The van der Waals surface area contributed by atoms with Gasteiger partial charge in [0.25, 0.3) is 0 Å². The first-order valence-electron chi connectivity index (χ1n) is 17.3. The molecule has 0 aliphatic carbocycles. The average molecular weight is 683 g/mol. The van der Waals surface area contributed by atoms with Crippen LogP contribution in [0.15, 0.2) is 162 Å². The summed E-state index contributed by atoms with van der Waals surface area (Å²) in [5.41, 5.74) is 6.84. The summed E-state index contributed by atoms with van der Waals surface area (Å²) >= 11 is 3.79. The van der Waals surface area contributed by atoms with Gasteiger partial charge in [0.15, 0.2) is 0 Å². The van der Waals surface area contributed by atoms with Gasteiger partial charge in [0.1, 0.15) is 11.2 Å². The standard InChI is InChI=1S/C48H26OS2/c1-3-12-32-30(10-1)45(27-18-22-40-38(25-27)29-9-5-7-15-39(29)49-40)31-11-2-4-13-33(31)46(32)28-17-19-37-44(26-28)51-43-24-21-34-35(48(37)43)20-23-42-47(34)36-14-6-8-16-41(36)50-42/h1-26H. The highest BCUT2D eigenvalue weighted by molar-refractivity contribution is 7.26. The number of fused-ring (bicyclic) bond motifs is 14. The van der Waals surface area contributed by atoms with Crippen LogP contribution in [-0.2, 0) is 0 Å². The van der Waals surface area contributed by atoms with Crippen molar-refractivity contribution in [2.45, 2.75) is 0 Å². The fraction of sp³-hybridized carbons (Fsp3) is 0. The summed E-state index contributed by atoms with van der Waals surface area (Å²) in [6.45, 7) is 0. The minimum Gasteiger partial charge on any atom is -0.456 e. The molecule has 0 N–H and O–H groups in total. The zero-order valence-corrected chi connectivity index (χ0v) is 28.9. The molecule has 236 valence electrons. The van der Waals surface area contributed by atoms with E-state index in [0.717, 1.165) is 21.9 Å². The van der Waals surface area contributed by atoms with Gasteiger partial charge < -0.3 is 4.42 Å². The van der Waals surface area contributed by atoms with Gasteiger partial charge in [0.05, 0.1) is 0 Å². The van der Waals surface area contributed by atoms with Crippen LogP contribution in [0, 0.1) is 0 Å². The second-order valence-electron chi connectivity index (χ2n) is 13.5. The van der Waals surface area contributed by atoms with E-state index in [1.807, 2.05) is 28.7 Å². The van der Waals surface area contributed by atoms with E-state index in [0.29, 0.717) is 0 Å². The quantitative estimate of drug-likeness (QED) is 0.165. The van der Waals surface area contributed by atoms with Crippen LogP contribution in [0.25, 0.3) is 117 Å². The SMILES string of the molecule is c1ccc2c(c1)oc1ccc(-c3c4ccccc4c(-c4ccc5c(c4)sc4ccc6c(ccc7sc8ccccc8c76)c45)c4ccccc34)cc12. The van der Waals surface area contributed by atoms with Gasteiger partial charge in [-0.15, -0.1) is 22.7 Å². The predicted octanol–water partition coefficient (Wildman–Crippen LogP) is 15.1. The molecular formula is C48H26OS2. The van der Waals surface area contributed by atoms with Crippen molar-refractivity contribution in [2.24, 2.45) is 0 Å². The maximum Gasteiger partial charge on any atom is 0.135 e. The van der Waals surface area contributed by atoms with Gasteiger partial charge in [-0.05, 0) is 97.0 Å². The predicted molar refractivity (Wildman–Crippen MR) is 223 cm³/mol. The molecule has 0 fully saturated rings. The molecule has 9 aromatic carbocycles. The van der Waals surface area contributed by atoms with Crippen LogP contribution >= 0.6 is 22.7 Å². The Hall–Kier alpha value is -6.00. The number of hydrogen-bond donors (Lipinski definition) is 0. The van der Waals surface area contributed by atoms with E-state index >= 15 is 0 Å². The van der Waals surface area contributed by atoms with Crippen molar-refractivity contribution >= 4 is 117 Å². The van der Waals surface area contributed by atoms with Crippen LogP contribution in [0.2, 0.25) is 0 Å². The van der Waals surface area contributed by atoms with Crippen molar-refractivity contribution in [2.75, 3.05) is 0 Å². The number of hydrogen-bond acceptors (Lipinski definition) is 3. The summed E-state index contributed by atoms with van der Waals surface area (Å²) in [5.74, 6) is 0. The maximum atomic E-state index is 6.21. The smallest absolute Gasteiger partial charge is 0.135 e. The second kappa shape index (κ2) is 10.3. The minimum atomic E-state index is 0.919. The van der Waals surface area contributed by atoms with Gasteiger partial charge in [0, 0.05) is 51.1 Å². The molecule has 1 nitrogen and oxygen atoms in total. The largest absolute Gasteiger partial charge is 0.456 e. The molecule has 0 spiro atoms. The molecule has 0 bridgehead atoms. The molecule has 0 unspecified atom stereocenters. The number of furan rings is 1. The third-order valence-electron chi connectivity index (χ3n) is 10.9. The third kappa shape index (κ3) is 3.85. The zero-order valence-electron chi connectivity index (χ0n) is 27.2. The van der Waals surface area contributed by atoms with Crippen molar-refractivity contribution in [3.63, 3.8) is 0 Å². The van der Waals surface area contributed by atoms with Gasteiger partial charge in [-0.3, -0.25) is 0 Å². The van der Waals surface area contributed by atoms with Gasteiger partial charge in [-0.1, -0.05) is 115 Å². The molecule has 0 aliphatic heterocycles. The maximum absolute atomic E-state index is 6.21. The molecule has 0 radical (unpaired) electrons. The molecule has 0 saturated carbocycles. The van der Waals surface area contributed by atoms with Crippen molar-refractivity contribution < 1.29 is 4.42 Å². The Morgan fingerprint density at radius 2 is 0.765 bits per heavy atom. The lowest BCUT2D eigenvalue weighted by Crippen LogP contribution is -1.90. The molecule has 0 aliphatic rings. The van der Waals surface area contributed by atoms with Crippen molar-refractivity contribution in [1.82, 2.24) is 0 Å². The Labute approximate surface area is 300 Å². The first-order valence-corrected chi connectivity index (χ1v) is 19.0. The van der Waals surface area contributed by atoms with Crippen molar-refractivity contribution in [3.8, 4) is 22.3 Å². The van der Waals surface area contributed by atoms with E-state index in [1.54, 1.807) is 0 Å². The molecule has 0 saturated heterocycles. The normalized spacial score (nSPS) is 12.3. The lowest BCUT2D eigenvalue weighted by molar-refractivity contribution is 0.669. The van der Waals surface area contributed by atoms with E-state index < -0.39 is 0 Å². The van der Waals surface area contributed by atoms with Crippen LogP contribution in [0.5, 0.6) is 0 Å². The third-order valence-corrected chi connectivity index (χ3v) is 13.1. The Kier molecular flexibility index (Phi) is 5.59. The summed E-state index contributed by atoms with van der Waals surface area (Å²) in [6.07, 6.45) is 0. The molecule has 3 aromatic heterocycles. The average Bonchev–Trinajstić information content (AvgIpc) is 3.87. The monoisotopic (exact) mass is 682 g/mol. The highest BCUT2D eigenvalue weighted by Gasteiger charge is 2.19. The fourth-order valence-corrected chi connectivity index (χ4v) is 11.0. The van der Waals surface area contributed by atoms with Gasteiger partial charge in [-0.25, -0.2) is 0 Å². The molecule has 3 heteroatoms. The van der Waals surface area contributed by atoms with E-state index in [-0.39, 0.29) is 0 Å². The first-order chi connectivity index (χ1) is 25.3. The first kappa shape index (κ1) is 27.8. The second-order valence-corrected chi connectivity index (χ2v) is 15.7. The molecular weight excluding hydrogens is 657 g/mol. The number of thiophene rings is 2. The highest BCUT2D eigenvalue weighted by Crippen LogP contribution is 2.48. The molecule has 51 heavy (non-hydrogen) atoms. The van der Waals surface area contributed by atoms with Crippen LogP contribution in [0.4, 0.5) is 0 Å². The van der Waals surface area contributed by atoms with Crippen LogP contribution in [0.1, 0.15) is 0 Å². The van der Waals surface area contributed by atoms with Crippen LogP contribution in [0.3, 0.4) is 0 Å². The minimum absolute atomic E-state index is 0.919. The Morgan fingerprint density at radius 1 is 0.294 bits per heavy atom. The summed E-state index contributed by atoms with van der Waals surface area (Å²) in [7, 11) is 0. The number of benzene rings is 9. The lowest BCUT2D eigenvalue weighted by Gasteiger charge is -2.18. The van der Waals surface area contributed by atoms with E-state index in [2.05, 4.69) is 152 Å². The molecule has 0 atom stereocenters. The van der Waals surface area contributed by atoms with Crippen LogP contribution in [-0.4, -0.2) is 0 Å². The molecule has 0 amide bonds. The van der Waals surface area contributed by atoms with Crippen molar-refractivity contribution in [1.29, 1.82) is 0 Å². The number of para-hydroxylation sites is 1. The summed E-state index contributed by atoms with van der Waals surface area (Å²) in [5, 5.41) is 15.4.